The largest absolute Gasteiger partial charge is 0.354 e. The van der Waals surface area contributed by atoms with E-state index in [1.54, 1.807) is 12.1 Å². The number of nitrogens with one attached hydrogen (secondary N) is 3. The van der Waals surface area contributed by atoms with E-state index in [9.17, 15) is 8.42 Å². The molecule has 0 amide bonds. The Hall–Kier alpha value is -3.72. The summed E-state index contributed by atoms with van der Waals surface area (Å²) in [4.78, 5) is 9.79. The summed E-state index contributed by atoms with van der Waals surface area (Å²) in [5, 5.41) is 10.4. The van der Waals surface area contributed by atoms with Crippen LogP contribution in [0.5, 0.6) is 0 Å². The number of hydrogen-bond acceptors (Lipinski definition) is 6. The number of benzene rings is 4. The zero-order chi connectivity index (χ0) is 27.5. The number of para-hydroxylation sites is 1. The smallest absolute Gasteiger partial charge is 0.240 e. The number of fused-ring (bicyclic) bond motifs is 2. The normalized spacial score (nSPS) is 17.6. The van der Waals surface area contributed by atoms with E-state index in [0.717, 1.165) is 65.4 Å². The Morgan fingerprint density at radius 1 is 0.800 bits per heavy atom. The summed E-state index contributed by atoms with van der Waals surface area (Å²) in [6, 6.07) is 28.4. The van der Waals surface area contributed by atoms with Gasteiger partial charge >= 0.3 is 0 Å². The molecule has 0 spiro atoms. The number of nitrogens with zero attached hydrogens (tertiary/aromatic N) is 2. The second kappa shape index (κ2) is 11.4. The van der Waals surface area contributed by atoms with Gasteiger partial charge in [0.15, 0.2) is 0 Å². The molecule has 6 rings (SSSR count). The summed E-state index contributed by atoms with van der Waals surface area (Å²) in [6.07, 6.45) is 3.42. The quantitative estimate of drug-likeness (QED) is 0.183. The molecule has 0 saturated heterocycles. The average molecular weight is 572 g/mol. The molecule has 1 heterocycles. The summed E-state index contributed by atoms with van der Waals surface area (Å²) >= 11 is 6.04. The van der Waals surface area contributed by atoms with Crippen molar-refractivity contribution in [2.45, 2.75) is 36.6 Å². The van der Waals surface area contributed by atoms with Gasteiger partial charge in [0.2, 0.25) is 16.0 Å². The van der Waals surface area contributed by atoms with Crippen LogP contribution in [-0.4, -0.2) is 31.0 Å². The second-order valence-corrected chi connectivity index (χ2v) is 12.4. The lowest BCUT2D eigenvalue weighted by molar-refractivity contribution is 0.323. The fourth-order valence-corrected chi connectivity index (χ4v) is 6.73. The minimum absolute atomic E-state index is 0.0696. The SMILES string of the molecule is O=S(=O)(NC1CCC(CNc2nc(Nc3ccc(Cl)cc3)c3ccccc3n2)CC1)c1ccc2ccccc2c1. The molecule has 1 aliphatic rings. The number of rotatable bonds is 8. The first-order valence-electron chi connectivity index (χ1n) is 13.5. The molecule has 7 nitrogen and oxygen atoms in total. The van der Waals surface area contributed by atoms with E-state index in [0.29, 0.717) is 21.8 Å². The molecular weight excluding hydrogens is 542 g/mol. The maximum Gasteiger partial charge on any atom is 0.240 e. The van der Waals surface area contributed by atoms with Gasteiger partial charge < -0.3 is 10.6 Å². The van der Waals surface area contributed by atoms with E-state index in [1.165, 1.54) is 0 Å². The highest BCUT2D eigenvalue weighted by Crippen LogP contribution is 2.29. The van der Waals surface area contributed by atoms with Gasteiger partial charge in [0.1, 0.15) is 5.82 Å². The van der Waals surface area contributed by atoms with Gasteiger partial charge in [-0.25, -0.2) is 18.1 Å². The molecule has 204 valence electrons. The molecule has 1 saturated carbocycles. The Bertz CT molecular complexity index is 1750. The second-order valence-electron chi connectivity index (χ2n) is 10.3. The number of hydrogen-bond donors (Lipinski definition) is 3. The summed E-state index contributed by atoms with van der Waals surface area (Å²) in [6.45, 7) is 0.725. The number of sulfonamides is 1. The fourth-order valence-electron chi connectivity index (χ4n) is 5.26. The van der Waals surface area contributed by atoms with Gasteiger partial charge in [-0.2, -0.15) is 4.98 Å². The Morgan fingerprint density at radius 2 is 1.52 bits per heavy atom. The molecule has 5 aromatic rings. The molecule has 0 atom stereocenters. The Labute approximate surface area is 239 Å². The molecule has 1 aliphatic carbocycles. The van der Waals surface area contributed by atoms with Crippen molar-refractivity contribution in [3.05, 3.63) is 96.0 Å². The van der Waals surface area contributed by atoms with Crippen LogP contribution in [0.4, 0.5) is 17.5 Å². The standard InChI is InChI=1S/C31H30ClN5O2S/c32-24-12-16-25(17-13-24)34-30-28-7-3-4-8-29(28)35-31(36-30)33-20-21-9-14-26(15-10-21)37-40(38,39)27-18-11-22-5-1-2-6-23(22)19-27/h1-8,11-13,16-19,21,26,37H,9-10,14-15,20H2,(H2,33,34,35,36). The van der Waals surface area contributed by atoms with Crippen molar-refractivity contribution in [3.63, 3.8) is 0 Å². The van der Waals surface area contributed by atoms with Crippen molar-refractivity contribution in [1.82, 2.24) is 14.7 Å². The number of halogens is 1. The van der Waals surface area contributed by atoms with Crippen LogP contribution >= 0.6 is 11.6 Å². The minimum Gasteiger partial charge on any atom is -0.354 e. The van der Waals surface area contributed by atoms with Crippen LogP contribution in [0.15, 0.2) is 95.9 Å². The summed E-state index contributed by atoms with van der Waals surface area (Å²) in [5.74, 6) is 1.70. The Morgan fingerprint density at radius 3 is 2.33 bits per heavy atom. The molecule has 0 radical (unpaired) electrons. The van der Waals surface area contributed by atoms with E-state index >= 15 is 0 Å². The topological polar surface area (TPSA) is 96.0 Å². The predicted molar refractivity (Wildman–Crippen MR) is 163 cm³/mol. The van der Waals surface area contributed by atoms with Gasteiger partial charge in [-0.05, 0) is 90.9 Å². The third kappa shape index (κ3) is 6.04. The molecule has 3 N–H and O–H groups in total. The zero-order valence-corrected chi connectivity index (χ0v) is 23.4. The van der Waals surface area contributed by atoms with Crippen molar-refractivity contribution in [1.29, 1.82) is 0 Å². The van der Waals surface area contributed by atoms with Crippen LogP contribution in [0, 0.1) is 5.92 Å². The number of aromatic nitrogens is 2. The minimum atomic E-state index is -3.58. The van der Waals surface area contributed by atoms with E-state index in [-0.39, 0.29) is 6.04 Å². The van der Waals surface area contributed by atoms with Gasteiger partial charge in [-0.15, -0.1) is 0 Å². The highest BCUT2D eigenvalue weighted by Gasteiger charge is 2.26. The van der Waals surface area contributed by atoms with E-state index < -0.39 is 10.0 Å². The molecule has 0 unspecified atom stereocenters. The van der Waals surface area contributed by atoms with Crippen LogP contribution < -0.4 is 15.4 Å². The lowest BCUT2D eigenvalue weighted by Crippen LogP contribution is -2.38. The van der Waals surface area contributed by atoms with Gasteiger partial charge in [0.05, 0.1) is 10.4 Å². The monoisotopic (exact) mass is 571 g/mol. The van der Waals surface area contributed by atoms with Gasteiger partial charge in [-0.1, -0.05) is 54.1 Å². The molecule has 0 aliphatic heterocycles. The zero-order valence-electron chi connectivity index (χ0n) is 21.8. The van der Waals surface area contributed by atoms with Crippen LogP contribution in [-0.2, 0) is 10.0 Å². The third-order valence-electron chi connectivity index (χ3n) is 7.46. The molecule has 40 heavy (non-hydrogen) atoms. The molecule has 1 fully saturated rings. The fraction of sp³-hybridized carbons (Fsp3) is 0.226. The van der Waals surface area contributed by atoms with Crippen molar-refractivity contribution in [3.8, 4) is 0 Å². The van der Waals surface area contributed by atoms with Crippen molar-refractivity contribution in [2.75, 3.05) is 17.2 Å². The third-order valence-corrected chi connectivity index (χ3v) is 9.23. The first-order chi connectivity index (χ1) is 19.4. The number of anilines is 3. The highest BCUT2D eigenvalue weighted by atomic mass is 35.5. The maximum absolute atomic E-state index is 13.1. The van der Waals surface area contributed by atoms with Gasteiger partial charge in [0.25, 0.3) is 0 Å². The van der Waals surface area contributed by atoms with Gasteiger partial charge in [-0.3, -0.25) is 0 Å². The first-order valence-corrected chi connectivity index (χ1v) is 15.3. The first kappa shape index (κ1) is 26.5. The lowest BCUT2D eigenvalue weighted by Gasteiger charge is -2.29. The lowest BCUT2D eigenvalue weighted by atomic mass is 9.86. The van der Waals surface area contributed by atoms with Crippen LogP contribution in [0.3, 0.4) is 0 Å². The predicted octanol–water partition coefficient (Wildman–Crippen LogP) is 7.13. The molecule has 9 heteroatoms. The van der Waals surface area contributed by atoms with Crippen molar-refractivity contribution < 1.29 is 8.42 Å². The van der Waals surface area contributed by atoms with Crippen LogP contribution in [0.25, 0.3) is 21.7 Å². The summed E-state index contributed by atoms with van der Waals surface area (Å²) in [5.41, 5.74) is 1.74. The summed E-state index contributed by atoms with van der Waals surface area (Å²) in [7, 11) is -3.58. The molecule has 0 bridgehead atoms. The van der Waals surface area contributed by atoms with E-state index in [2.05, 4.69) is 15.4 Å². The average Bonchev–Trinajstić information content (AvgIpc) is 2.97. The molecular formula is C31H30ClN5O2S. The van der Waals surface area contributed by atoms with E-state index in [4.69, 9.17) is 21.6 Å². The molecule has 1 aromatic heterocycles. The van der Waals surface area contributed by atoms with Gasteiger partial charge in [0, 0.05) is 28.7 Å². The summed E-state index contributed by atoms with van der Waals surface area (Å²) < 4.78 is 29.1. The Balaban J connectivity index is 1.07. The van der Waals surface area contributed by atoms with E-state index in [1.807, 2.05) is 78.9 Å². The van der Waals surface area contributed by atoms with Crippen molar-refractivity contribution >= 4 is 60.8 Å². The van der Waals surface area contributed by atoms with Crippen LogP contribution in [0.1, 0.15) is 25.7 Å². The van der Waals surface area contributed by atoms with Crippen LogP contribution in [0.2, 0.25) is 5.02 Å². The highest BCUT2D eigenvalue weighted by molar-refractivity contribution is 7.89. The maximum atomic E-state index is 13.1. The molecule has 4 aromatic carbocycles. The van der Waals surface area contributed by atoms with Crippen molar-refractivity contribution in [2.24, 2.45) is 5.92 Å². The Kier molecular flexibility index (Phi) is 7.56.